The first kappa shape index (κ1) is 25.8. The first-order chi connectivity index (χ1) is 16.9. The molecule has 0 spiro atoms. The van der Waals surface area contributed by atoms with Crippen molar-refractivity contribution in [3.05, 3.63) is 53.6 Å². The Morgan fingerprint density at radius 1 is 0.886 bits per heavy atom. The van der Waals surface area contributed by atoms with Crippen molar-refractivity contribution in [3.8, 4) is 17.2 Å². The Bertz CT molecular complexity index is 1080. The number of amides is 4. The Hall–Kier alpha value is -3.81. The van der Waals surface area contributed by atoms with Crippen molar-refractivity contribution in [2.45, 2.75) is 52.4 Å². The summed E-state index contributed by atoms with van der Waals surface area (Å²) in [5.41, 5.74) is 0.594. The van der Waals surface area contributed by atoms with Gasteiger partial charge in [-0.25, -0.2) is 9.69 Å². The number of phenolic OH excluding ortho intramolecular Hbond substituents is 1. The summed E-state index contributed by atoms with van der Waals surface area (Å²) in [6.07, 6.45) is 8.40. The van der Waals surface area contributed by atoms with Gasteiger partial charge in [-0.05, 0) is 61.4 Å². The summed E-state index contributed by atoms with van der Waals surface area (Å²) < 4.78 is 11.6. The van der Waals surface area contributed by atoms with Crippen molar-refractivity contribution in [1.82, 2.24) is 5.32 Å². The molecular weight excluding hydrogens is 448 g/mol. The number of hydrogen-bond donors (Lipinski definition) is 2. The van der Waals surface area contributed by atoms with Gasteiger partial charge in [0.1, 0.15) is 11.3 Å². The van der Waals surface area contributed by atoms with Gasteiger partial charge in [-0.1, -0.05) is 45.1 Å². The Labute approximate surface area is 205 Å². The van der Waals surface area contributed by atoms with Gasteiger partial charge in [0.2, 0.25) is 0 Å². The molecule has 3 rings (SSSR count). The van der Waals surface area contributed by atoms with Crippen LogP contribution >= 0.6 is 0 Å². The number of anilines is 1. The summed E-state index contributed by atoms with van der Waals surface area (Å²) in [5, 5.41) is 11.7. The second-order valence-electron chi connectivity index (χ2n) is 8.23. The molecule has 0 saturated carbocycles. The van der Waals surface area contributed by atoms with Gasteiger partial charge in [0, 0.05) is 0 Å². The van der Waals surface area contributed by atoms with E-state index < -0.39 is 17.8 Å². The van der Waals surface area contributed by atoms with Crippen molar-refractivity contribution < 1.29 is 29.0 Å². The van der Waals surface area contributed by atoms with E-state index in [1.54, 1.807) is 18.2 Å². The van der Waals surface area contributed by atoms with E-state index in [0.29, 0.717) is 30.3 Å². The molecule has 0 atom stereocenters. The maximum atomic E-state index is 13.0. The minimum absolute atomic E-state index is 0.00675. The van der Waals surface area contributed by atoms with Crippen LogP contribution in [0.15, 0.2) is 48.0 Å². The second-order valence-corrected chi connectivity index (χ2v) is 8.23. The standard InChI is InChI=1S/C27H32N2O6/c1-3-5-6-7-8-9-16-35-23-15-10-19(18-24(23)34-4-2)17-22-25(31)28-27(33)29(26(22)32)20-11-13-21(30)14-12-20/h10-15,17-18,30H,3-9,16H2,1-2H3,(H,28,31,33)/b22-17-. The van der Waals surface area contributed by atoms with Crippen LogP contribution in [-0.2, 0) is 9.59 Å². The van der Waals surface area contributed by atoms with Gasteiger partial charge in [0.05, 0.1) is 18.9 Å². The van der Waals surface area contributed by atoms with Crippen LogP contribution in [0, 0.1) is 0 Å². The fraction of sp³-hybridized carbons (Fsp3) is 0.370. The summed E-state index contributed by atoms with van der Waals surface area (Å²) in [7, 11) is 0. The summed E-state index contributed by atoms with van der Waals surface area (Å²) >= 11 is 0. The first-order valence-corrected chi connectivity index (χ1v) is 12.0. The van der Waals surface area contributed by atoms with E-state index in [4.69, 9.17) is 9.47 Å². The largest absolute Gasteiger partial charge is 0.508 e. The fourth-order valence-electron chi connectivity index (χ4n) is 3.73. The zero-order chi connectivity index (χ0) is 25.2. The molecule has 0 aliphatic carbocycles. The third-order valence-corrected chi connectivity index (χ3v) is 5.54. The van der Waals surface area contributed by atoms with Crippen molar-refractivity contribution in [3.63, 3.8) is 0 Å². The smallest absolute Gasteiger partial charge is 0.335 e. The molecule has 1 fully saturated rings. The number of ether oxygens (including phenoxy) is 2. The van der Waals surface area contributed by atoms with Crippen LogP contribution in [0.2, 0.25) is 0 Å². The van der Waals surface area contributed by atoms with Crippen LogP contribution in [0.3, 0.4) is 0 Å². The predicted octanol–water partition coefficient (Wildman–Crippen LogP) is 5.20. The maximum absolute atomic E-state index is 13.0. The van der Waals surface area contributed by atoms with Gasteiger partial charge in [-0.3, -0.25) is 14.9 Å². The van der Waals surface area contributed by atoms with E-state index in [0.717, 1.165) is 17.7 Å². The number of carbonyl (C=O) groups is 3. The molecule has 2 aromatic carbocycles. The molecular formula is C27H32N2O6. The Morgan fingerprint density at radius 2 is 1.60 bits per heavy atom. The minimum atomic E-state index is -0.851. The fourth-order valence-corrected chi connectivity index (χ4v) is 3.73. The van der Waals surface area contributed by atoms with E-state index in [9.17, 15) is 19.5 Å². The van der Waals surface area contributed by atoms with Crippen molar-refractivity contribution in [2.75, 3.05) is 18.1 Å². The zero-order valence-electron chi connectivity index (χ0n) is 20.2. The lowest BCUT2D eigenvalue weighted by Gasteiger charge is -2.26. The van der Waals surface area contributed by atoms with E-state index in [-0.39, 0.29) is 17.0 Å². The van der Waals surface area contributed by atoms with Crippen LogP contribution in [-0.4, -0.2) is 36.2 Å². The molecule has 0 unspecified atom stereocenters. The van der Waals surface area contributed by atoms with E-state index in [1.807, 2.05) is 6.92 Å². The number of benzene rings is 2. The SMILES string of the molecule is CCCCCCCCOc1ccc(/C=C2/C(=O)NC(=O)N(c3ccc(O)cc3)C2=O)cc1OCC. The molecule has 4 amide bonds. The van der Waals surface area contributed by atoms with Crippen molar-refractivity contribution in [1.29, 1.82) is 0 Å². The number of imide groups is 2. The zero-order valence-corrected chi connectivity index (χ0v) is 20.2. The summed E-state index contributed by atoms with van der Waals surface area (Å²) in [5.74, 6) is -0.430. The van der Waals surface area contributed by atoms with Crippen molar-refractivity contribution in [2.24, 2.45) is 0 Å². The lowest BCUT2D eigenvalue weighted by atomic mass is 10.1. The normalized spacial score (nSPS) is 14.9. The van der Waals surface area contributed by atoms with Crippen LogP contribution in [0.1, 0.15) is 57.9 Å². The average Bonchev–Trinajstić information content (AvgIpc) is 2.83. The highest BCUT2D eigenvalue weighted by atomic mass is 16.5. The number of carbonyl (C=O) groups excluding carboxylic acids is 3. The number of aromatic hydroxyl groups is 1. The molecule has 8 heteroatoms. The number of phenols is 1. The van der Waals surface area contributed by atoms with Crippen molar-refractivity contribution >= 4 is 29.6 Å². The summed E-state index contributed by atoms with van der Waals surface area (Å²) in [4.78, 5) is 38.7. The number of urea groups is 1. The number of nitrogens with one attached hydrogen (secondary N) is 1. The topological polar surface area (TPSA) is 105 Å². The Kier molecular flexibility index (Phi) is 9.29. The van der Waals surface area contributed by atoms with Gasteiger partial charge < -0.3 is 14.6 Å². The Balaban J connectivity index is 1.75. The lowest BCUT2D eigenvalue weighted by Crippen LogP contribution is -2.54. The molecule has 0 aromatic heterocycles. The number of nitrogens with zero attached hydrogens (tertiary/aromatic N) is 1. The number of unbranched alkanes of at least 4 members (excludes halogenated alkanes) is 5. The number of barbiturate groups is 1. The summed E-state index contributed by atoms with van der Waals surface area (Å²) in [6.45, 7) is 5.06. The number of hydrogen-bond acceptors (Lipinski definition) is 6. The van der Waals surface area contributed by atoms with Crippen LogP contribution in [0.5, 0.6) is 17.2 Å². The third-order valence-electron chi connectivity index (χ3n) is 5.54. The molecule has 35 heavy (non-hydrogen) atoms. The molecule has 2 aromatic rings. The minimum Gasteiger partial charge on any atom is -0.508 e. The molecule has 1 aliphatic rings. The van der Waals surface area contributed by atoms with Crippen LogP contribution in [0.4, 0.5) is 10.5 Å². The van der Waals surface area contributed by atoms with E-state index >= 15 is 0 Å². The predicted molar refractivity (Wildman–Crippen MR) is 134 cm³/mol. The molecule has 0 bridgehead atoms. The highest BCUT2D eigenvalue weighted by Crippen LogP contribution is 2.31. The lowest BCUT2D eigenvalue weighted by molar-refractivity contribution is -0.122. The first-order valence-electron chi connectivity index (χ1n) is 12.0. The van der Waals surface area contributed by atoms with Gasteiger partial charge in [-0.15, -0.1) is 0 Å². The van der Waals surface area contributed by atoms with Gasteiger partial charge in [0.25, 0.3) is 11.8 Å². The molecule has 1 aliphatic heterocycles. The number of rotatable bonds is 12. The quantitative estimate of drug-likeness (QED) is 0.246. The maximum Gasteiger partial charge on any atom is 0.335 e. The molecule has 1 heterocycles. The second kappa shape index (κ2) is 12.6. The highest BCUT2D eigenvalue weighted by molar-refractivity contribution is 6.39. The van der Waals surface area contributed by atoms with E-state index in [2.05, 4.69) is 12.2 Å². The van der Waals surface area contributed by atoms with Gasteiger partial charge in [-0.2, -0.15) is 0 Å². The Morgan fingerprint density at radius 3 is 2.31 bits per heavy atom. The van der Waals surface area contributed by atoms with Gasteiger partial charge >= 0.3 is 6.03 Å². The molecule has 8 nitrogen and oxygen atoms in total. The van der Waals surface area contributed by atoms with E-state index in [1.165, 1.54) is 56.0 Å². The molecule has 2 N–H and O–H groups in total. The molecule has 1 saturated heterocycles. The van der Waals surface area contributed by atoms with Gasteiger partial charge in [0.15, 0.2) is 11.5 Å². The highest BCUT2D eigenvalue weighted by Gasteiger charge is 2.36. The molecule has 0 radical (unpaired) electrons. The van der Waals surface area contributed by atoms with Crippen LogP contribution in [0.25, 0.3) is 6.08 Å². The molecule has 186 valence electrons. The third kappa shape index (κ3) is 6.85. The monoisotopic (exact) mass is 480 g/mol. The van der Waals surface area contributed by atoms with Crippen LogP contribution < -0.4 is 19.7 Å². The average molecular weight is 481 g/mol. The summed E-state index contributed by atoms with van der Waals surface area (Å²) in [6, 6.07) is 9.89.